The van der Waals surface area contributed by atoms with Gasteiger partial charge in [-0.05, 0) is 6.42 Å². The number of aliphatic carboxylic acids is 1. The fraction of sp³-hybridized carbons (Fsp3) is 0.600. The van der Waals surface area contributed by atoms with Gasteiger partial charge in [0.1, 0.15) is 12.1 Å². The van der Waals surface area contributed by atoms with Gasteiger partial charge in [0.05, 0.1) is 5.88 Å². The summed E-state index contributed by atoms with van der Waals surface area (Å²) in [6, 6.07) is -2.25. The summed E-state index contributed by atoms with van der Waals surface area (Å²) in [4.78, 5) is 46.5. The number of piperidine rings is 1. The molecule has 2 saturated heterocycles. The van der Waals surface area contributed by atoms with E-state index < -0.39 is 30.0 Å². The van der Waals surface area contributed by atoms with Gasteiger partial charge in [0.25, 0.3) is 0 Å². The molecule has 4 amide bonds. The van der Waals surface area contributed by atoms with Crippen LogP contribution in [0.5, 0.6) is 0 Å². The molecular formula is C10H13N3O5S. The number of nitrogens with zero attached hydrogens (tertiary/aromatic N) is 1. The van der Waals surface area contributed by atoms with E-state index in [0.29, 0.717) is 5.75 Å². The maximum Gasteiger partial charge on any atom is 0.327 e. The largest absolute Gasteiger partial charge is 0.480 e. The smallest absolute Gasteiger partial charge is 0.327 e. The second-order valence-electron chi connectivity index (χ2n) is 4.28. The number of amides is 4. The Bertz CT molecular complexity index is 441. The first-order chi connectivity index (χ1) is 8.99. The number of hydrogen-bond donors (Lipinski definition) is 3. The molecule has 2 aliphatic heterocycles. The Kier molecular flexibility index (Phi) is 3.93. The fourth-order valence-electron chi connectivity index (χ4n) is 1.91. The van der Waals surface area contributed by atoms with Gasteiger partial charge in [0.2, 0.25) is 11.8 Å². The first kappa shape index (κ1) is 13.7. The van der Waals surface area contributed by atoms with Crippen molar-refractivity contribution >= 4 is 35.6 Å². The number of urea groups is 1. The van der Waals surface area contributed by atoms with Gasteiger partial charge in [-0.3, -0.25) is 14.9 Å². The topological polar surface area (TPSA) is 116 Å². The molecule has 8 nitrogen and oxygen atoms in total. The van der Waals surface area contributed by atoms with Crippen molar-refractivity contribution in [3.05, 3.63) is 0 Å². The summed E-state index contributed by atoms with van der Waals surface area (Å²) in [5.41, 5.74) is 0. The lowest BCUT2D eigenvalue weighted by Gasteiger charge is -2.26. The van der Waals surface area contributed by atoms with E-state index in [0.717, 1.165) is 0 Å². The highest BCUT2D eigenvalue weighted by Gasteiger charge is 2.37. The van der Waals surface area contributed by atoms with Gasteiger partial charge in [-0.2, -0.15) is 0 Å². The summed E-state index contributed by atoms with van der Waals surface area (Å²) in [7, 11) is 0. The molecule has 0 saturated carbocycles. The number of nitrogens with one attached hydrogen (secondary N) is 2. The molecule has 0 aromatic carbocycles. The molecule has 2 aliphatic rings. The van der Waals surface area contributed by atoms with Gasteiger partial charge in [0.15, 0.2) is 0 Å². The average molecular weight is 287 g/mol. The second kappa shape index (κ2) is 5.47. The summed E-state index contributed by atoms with van der Waals surface area (Å²) in [6.07, 6.45) is 0.392. The number of rotatable bonds is 2. The van der Waals surface area contributed by atoms with Gasteiger partial charge in [-0.15, -0.1) is 11.8 Å². The molecule has 2 heterocycles. The van der Waals surface area contributed by atoms with Crippen molar-refractivity contribution in [3.63, 3.8) is 0 Å². The first-order valence-electron chi connectivity index (χ1n) is 5.70. The lowest BCUT2D eigenvalue weighted by Crippen LogP contribution is -2.56. The normalized spacial score (nSPS) is 27.1. The molecule has 0 spiro atoms. The van der Waals surface area contributed by atoms with E-state index in [1.807, 2.05) is 0 Å². The van der Waals surface area contributed by atoms with Crippen LogP contribution in [0, 0.1) is 0 Å². The van der Waals surface area contributed by atoms with Crippen molar-refractivity contribution in [1.29, 1.82) is 0 Å². The van der Waals surface area contributed by atoms with Crippen molar-refractivity contribution in [3.8, 4) is 0 Å². The summed E-state index contributed by atoms with van der Waals surface area (Å²) in [5, 5.41) is 13.6. The molecule has 0 aromatic heterocycles. The Morgan fingerprint density at radius 3 is 2.79 bits per heavy atom. The maximum atomic E-state index is 11.9. The maximum absolute atomic E-state index is 11.9. The van der Waals surface area contributed by atoms with Gasteiger partial charge >= 0.3 is 12.0 Å². The monoisotopic (exact) mass is 287 g/mol. The lowest BCUT2D eigenvalue weighted by molar-refractivity contribution is -0.140. The quantitative estimate of drug-likeness (QED) is 0.559. The summed E-state index contributed by atoms with van der Waals surface area (Å²) in [6.45, 7) is 0. The van der Waals surface area contributed by atoms with E-state index >= 15 is 0 Å². The van der Waals surface area contributed by atoms with Crippen LogP contribution in [0.1, 0.15) is 12.8 Å². The minimum Gasteiger partial charge on any atom is -0.480 e. The van der Waals surface area contributed by atoms with E-state index in [1.54, 1.807) is 0 Å². The van der Waals surface area contributed by atoms with E-state index in [-0.39, 0.29) is 24.6 Å². The molecule has 2 unspecified atom stereocenters. The predicted octanol–water partition coefficient (Wildman–Crippen LogP) is -1.04. The lowest BCUT2D eigenvalue weighted by atomic mass is 10.1. The molecule has 2 fully saturated rings. The number of thioether (sulfide) groups is 1. The SMILES string of the molecule is O=C1CCC(NC(=O)N2CSCC2C(=O)O)C(=O)N1. The Labute approximate surface area is 112 Å². The molecule has 0 bridgehead atoms. The first-order valence-corrected chi connectivity index (χ1v) is 6.86. The van der Waals surface area contributed by atoms with Crippen LogP contribution in [0.25, 0.3) is 0 Å². The number of imide groups is 1. The molecule has 104 valence electrons. The zero-order chi connectivity index (χ0) is 14.0. The minimum absolute atomic E-state index is 0.161. The van der Waals surface area contributed by atoms with Crippen LogP contribution in [-0.2, 0) is 14.4 Å². The summed E-state index contributed by atoms with van der Waals surface area (Å²) < 4.78 is 0. The molecule has 2 rings (SSSR count). The van der Waals surface area contributed by atoms with Crippen LogP contribution in [0.2, 0.25) is 0 Å². The van der Waals surface area contributed by atoms with Crippen LogP contribution in [-0.4, -0.2) is 57.5 Å². The Morgan fingerprint density at radius 1 is 1.42 bits per heavy atom. The van der Waals surface area contributed by atoms with Crippen molar-refractivity contribution in [2.24, 2.45) is 0 Å². The third-order valence-corrected chi connectivity index (χ3v) is 3.98. The molecule has 0 aromatic rings. The Morgan fingerprint density at radius 2 is 2.16 bits per heavy atom. The molecule has 3 N–H and O–H groups in total. The number of carbonyl (C=O) groups excluding carboxylic acids is 3. The van der Waals surface area contributed by atoms with Gasteiger partial charge in [-0.25, -0.2) is 9.59 Å². The number of carboxylic acid groups (broad SMARTS) is 1. The predicted molar refractivity (Wildman–Crippen MR) is 65.3 cm³/mol. The Hall–Kier alpha value is -1.77. The van der Waals surface area contributed by atoms with Crippen LogP contribution < -0.4 is 10.6 Å². The molecule has 0 aliphatic carbocycles. The molecule has 0 radical (unpaired) electrons. The van der Waals surface area contributed by atoms with Gasteiger partial charge in [-0.1, -0.05) is 0 Å². The zero-order valence-corrected chi connectivity index (χ0v) is 10.7. The number of hydrogen-bond acceptors (Lipinski definition) is 5. The van der Waals surface area contributed by atoms with E-state index in [2.05, 4.69) is 10.6 Å². The molecule has 2 atom stereocenters. The zero-order valence-electron chi connectivity index (χ0n) is 9.92. The van der Waals surface area contributed by atoms with Crippen molar-refractivity contribution in [2.75, 3.05) is 11.6 Å². The number of carbonyl (C=O) groups is 4. The van der Waals surface area contributed by atoms with E-state index in [1.165, 1.54) is 16.7 Å². The van der Waals surface area contributed by atoms with Gasteiger partial charge in [0, 0.05) is 12.2 Å². The molecular weight excluding hydrogens is 274 g/mol. The summed E-state index contributed by atoms with van der Waals surface area (Å²) in [5.74, 6) is -1.38. The van der Waals surface area contributed by atoms with Crippen molar-refractivity contribution < 1.29 is 24.3 Å². The van der Waals surface area contributed by atoms with Crippen LogP contribution in [0.15, 0.2) is 0 Å². The number of carboxylic acids is 1. The highest BCUT2D eigenvalue weighted by Crippen LogP contribution is 2.21. The van der Waals surface area contributed by atoms with Crippen molar-refractivity contribution in [2.45, 2.75) is 24.9 Å². The summed E-state index contributed by atoms with van der Waals surface area (Å²) >= 11 is 1.34. The third kappa shape index (κ3) is 2.98. The Balaban J connectivity index is 1.95. The highest BCUT2D eigenvalue weighted by molar-refractivity contribution is 7.99. The van der Waals surface area contributed by atoms with E-state index in [9.17, 15) is 19.2 Å². The molecule has 9 heteroatoms. The highest BCUT2D eigenvalue weighted by atomic mass is 32.2. The van der Waals surface area contributed by atoms with Gasteiger partial charge < -0.3 is 15.3 Å². The second-order valence-corrected chi connectivity index (χ2v) is 5.28. The molecule has 19 heavy (non-hydrogen) atoms. The standard InChI is InChI=1S/C10H13N3O5S/c14-7-2-1-5(8(15)12-7)11-10(18)13-4-19-3-6(13)9(16)17/h5-6H,1-4H2,(H,11,18)(H,16,17)(H,12,14,15). The van der Waals surface area contributed by atoms with Crippen LogP contribution in [0.3, 0.4) is 0 Å². The van der Waals surface area contributed by atoms with Crippen LogP contribution >= 0.6 is 11.8 Å². The third-order valence-electron chi connectivity index (χ3n) is 2.97. The van der Waals surface area contributed by atoms with Crippen LogP contribution in [0.4, 0.5) is 4.79 Å². The van der Waals surface area contributed by atoms with E-state index in [4.69, 9.17) is 5.11 Å². The average Bonchev–Trinajstić information content (AvgIpc) is 2.82. The minimum atomic E-state index is -1.07. The fourth-order valence-corrected chi connectivity index (χ4v) is 3.06. The van der Waals surface area contributed by atoms with Crippen molar-refractivity contribution in [1.82, 2.24) is 15.5 Å².